The number of hydrogen-bond donors (Lipinski definition) is 2. The lowest BCUT2D eigenvalue weighted by atomic mass is 10.1. The highest BCUT2D eigenvalue weighted by Gasteiger charge is 1.90. The molecular formula is C15H16N2O. The van der Waals surface area contributed by atoms with Crippen molar-refractivity contribution in [2.75, 3.05) is 5.73 Å². The van der Waals surface area contributed by atoms with Gasteiger partial charge in [-0.2, -0.15) is 0 Å². The zero-order valence-electron chi connectivity index (χ0n) is 10.0. The lowest BCUT2D eigenvalue weighted by molar-refractivity contribution is 0.512. The van der Waals surface area contributed by atoms with Crippen LogP contribution in [0.1, 0.15) is 5.76 Å². The number of furan rings is 1. The largest absolute Gasteiger partial charge is 0.468 e. The van der Waals surface area contributed by atoms with Crippen LogP contribution < -0.4 is 11.5 Å². The first-order valence-corrected chi connectivity index (χ1v) is 5.76. The van der Waals surface area contributed by atoms with Gasteiger partial charge in [-0.15, -0.1) is 0 Å². The van der Waals surface area contributed by atoms with Crippen molar-refractivity contribution < 1.29 is 4.42 Å². The maximum Gasteiger partial charge on any atom is 0.117 e. The normalized spacial score (nSPS) is 9.83. The summed E-state index contributed by atoms with van der Waals surface area (Å²) in [6, 6.07) is 17.8. The van der Waals surface area contributed by atoms with Crippen molar-refractivity contribution in [1.82, 2.24) is 0 Å². The zero-order valence-corrected chi connectivity index (χ0v) is 10.0. The van der Waals surface area contributed by atoms with Gasteiger partial charge in [0.2, 0.25) is 0 Å². The number of nitrogen functional groups attached to an aromatic ring is 1. The number of nitrogens with two attached hydrogens (primary N) is 2. The average Bonchev–Trinajstić information content (AvgIpc) is 2.92. The van der Waals surface area contributed by atoms with Gasteiger partial charge in [-0.25, -0.2) is 0 Å². The Bertz CT molecular complexity index is 603. The molecule has 0 amide bonds. The average molecular weight is 240 g/mol. The third-order valence-electron chi connectivity index (χ3n) is 2.55. The van der Waals surface area contributed by atoms with E-state index in [1.54, 1.807) is 6.26 Å². The third kappa shape index (κ3) is 3.12. The van der Waals surface area contributed by atoms with Crippen LogP contribution in [-0.2, 0) is 6.54 Å². The van der Waals surface area contributed by atoms with Crippen LogP contribution in [0.4, 0.5) is 5.69 Å². The van der Waals surface area contributed by atoms with Gasteiger partial charge in [-0.3, -0.25) is 0 Å². The standard InChI is InChI=1S/C10H9N.C5H7NO/c11-10-6-5-8-3-1-2-4-9(8)7-10;6-4-5-2-1-3-7-5/h1-7H,11H2;1-3H,4,6H2. The highest BCUT2D eigenvalue weighted by Crippen LogP contribution is 2.15. The molecule has 1 heterocycles. The summed E-state index contributed by atoms with van der Waals surface area (Å²) in [6.45, 7) is 0.493. The SMILES string of the molecule is NCc1ccco1.Nc1ccc2ccccc2c1. The third-order valence-corrected chi connectivity index (χ3v) is 2.55. The van der Waals surface area contributed by atoms with Crippen molar-refractivity contribution in [3.63, 3.8) is 0 Å². The predicted molar refractivity (Wildman–Crippen MR) is 75.0 cm³/mol. The molecule has 0 fully saturated rings. The summed E-state index contributed by atoms with van der Waals surface area (Å²) in [5, 5.41) is 2.44. The fraction of sp³-hybridized carbons (Fsp3) is 0.0667. The van der Waals surface area contributed by atoms with E-state index in [-0.39, 0.29) is 0 Å². The quantitative estimate of drug-likeness (QED) is 0.642. The topological polar surface area (TPSA) is 65.2 Å². The molecule has 3 heteroatoms. The van der Waals surface area contributed by atoms with Gasteiger partial charge in [0.1, 0.15) is 5.76 Å². The van der Waals surface area contributed by atoms with Gasteiger partial charge >= 0.3 is 0 Å². The predicted octanol–water partition coefficient (Wildman–Crippen LogP) is 3.16. The van der Waals surface area contributed by atoms with Crippen LogP contribution in [0.25, 0.3) is 10.8 Å². The zero-order chi connectivity index (χ0) is 12.8. The van der Waals surface area contributed by atoms with Crippen molar-refractivity contribution in [2.45, 2.75) is 6.54 Å². The van der Waals surface area contributed by atoms with E-state index in [1.807, 2.05) is 42.5 Å². The molecule has 2 aromatic carbocycles. The summed E-state index contributed by atoms with van der Waals surface area (Å²) in [7, 11) is 0. The molecule has 0 bridgehead atoms. The van der Waals surface area contributed by atoms with Crippen LogP contribution in [0, 0.1) is 0 Å². The van der Waals surface area contributed by atoms with Crippen molar-refractivity contribution in [3.8, 4) is 0 Å². The van der Waals surface area contributed by atoms with Crippen LogP contribution in [0.5, 0.6) is 0 Å². The second-order valence-corrected chi connectivity index (χ2v) is 3.89. The van der Waals surface area contributed by atoms with Crippen LogP contribution in [0.15, 0.2) is 65.3 Å². The number of hydrogen-bond acceptors (Lipinski definition) is 3. The monoisotopic (exact) mass is 240 g/mol. The molecule has 0 unspecified atom stereocenters. The minimum Gasteiger partial charge on any atom is -0.468 e. The van der Waals surface area contributed by atoms with E-state index >= 15 is 0 Å². The van der Waals surface area contributed by atoms with E-state index in [0.717, 1.165) is 11.4 Å². The Morgan fingerprint density at radius 2 is 1.67 bits per heavy atom. The Morgan fingerprint density at radius 3 is 2.28 bits per heavy atom. The molecule has 0 aliphatic carbocycles. The first kappa shape index (κ1) is 12.2. The van der Waals surface area contributed by atoms with Crippen LogP contribution in [-0.4, -0.2) is 0 Å². The van der Waals surface area contributed by atoms with Crippen LogP contribution >= 0.6 is 0 Å². The summed E-state index contributed by atoms with van der Waals surface area (Å²) < 4.78 is 4.86. The first-order chi connectivity index (χ1) is 8.79. The molecular weight excluding hydrogens is 224 g/mol. The number of fused-ring (bicyclic) bond motifs is 1. The Kier molecular flexibility index (Phi) is 3.99. The second-order valence-electron chi connectivity index (χ2n) is 3.89. The van der Waals surface area contributed by atoms with E-state index in [0.29, 0.717) is 6.54 Å². The van der Waals surface area contributed by atoms with Crippen LogP contribution in [0.3, 0.4) is 0 Å². The van der Waals surface area contributed by atoms with Gasteiger partial charge < -0.3 is 15.9 Å². The summed E-state index contributed by atoms with van der Waals surface area (Å²) in [4.78, 5) is 0. The molecule has 0 atom stereocenters. The smallest absolute Gasteiger partial charge is 0.117 e. The Morgan fingerprint density at radius 1 is 0.889 bits per heavy atom. The van der Waals surface area contributed by atoms with Gasteiger partial charge in [0.15, 0.2) is 0 Å². The summed E-state index contributed by atoms with van der Waals surface area (Å²) >= 11 is 0. The lowest BCUT2D eigenvalue weighted by Gasteiger charge is -1.96. The molecule has 0 aliphatic heterocycles. The molecule has 0 saturated carbocycles. The van der Waals surface area contributed by atoms with E-state index in [2.05, 4.69) is 12.1 Å². The van der Waals surface area contributed by atoms with Gasteiger partial charge in [0, 0.05) is 5.69 Å². The lowest BCUT2D eigenvalue weighted by Crippen LogP contribution is -1.92. The van der Waals surface area contributed by atoms with Gasteiger partial charge in [-0.05, 0) is 35.0 Å². The minimum atomic E-state index is 0.493. The summed E-state index contributed by atoms with van der Waals surface area (Å²) in [5.41, 5.74) is 11.6. The van der Waals surface area contributed by atoms with Crippen molar-refractivity contribution in [1.29, 1.82) is 0 Å². The van der Waals surface area contributed by atoms with Crippen molar-refractivity contribution in [3.05, 3.63) is 66.6 Å². The fourth-order valence-corrected chi connectivity index (χ4v) is 1.64. The van der Waals surface area contributed by atoms with E-state index in [9.17, 15) is 0 Å². The van der Waals surface area contributed by atoms with Crippen molar-refractivity contribution in [2.24, 2.45) is 5.73 Å². The molecule has 3 rings (SSSR count). The minimum absolute atomic E-state index is 0.493. The Hall–Kier alpha value is -2.26. The molecule has 0 saturated heterocycles. The molecule has 18 heavy (non-hydrogen) atoms. The van der Waals surface area contributed by atoms with Crippen LogP contribution in [0.2, 0.25) is 0 Å². The Labute approximate surface area is 106 Å². The maximum atomic E-state index is 5.62. The molecule has 92 valence electrons. The maximum absolute atomic E-state index is 5.62. The highest BCUT2D eigenvalue weighted by atomic mass is 16.3. The molecule has 0 radical (unpaired) electrons. The molecule has 3 nitrogen and oxygen atoms in total. The number of anilines is 1. The van der Waals surface area contributed by atoms with Crippen molar-refractivity contribution >= 4 is 16.5 Å². The molecule has 3 aromatic rings. The summed E-state index contributed by atoms with van der Waals surface area (Å²) in [6.07, 6.45) is 1.61. The molecule has 0 spiro atoms. The number of benzene rings is 2. The summed E-state index contributed by atoms with van der Waals surface area (Å²) in [5.74, 6) is 0.833. The first-order valence-electron chi connectivity index (χ1n) is 5.76. The Balaban J connectivity index is 0.000000149. The second kappa shape index (κ2) is 5.89. The van der Waals surface area contributed by atoms with Gasteiger partial charge in [-0.1, -0.05) is 30.3 Å². The van der Waals surface area contributed by atoms with E-state index in [4.69, 9.17) is 15.9 Å². The molecule has 0 aliphatic rings. The molecule has 4 N–H and O–H groups in total. The van der Waals surface area contributed by atoms with Gasteiger partial charge in [0.05, 0.1) is 12.8 Å². The van der Waals surface area contributed by atoms with E-state index < -0.39 is 0 Å². The van der Waals surface area contributed by atoms with E-state index in [1.165, 1.54) is 10.8 Å². The molecule has 1 aromatic heterocycles. The number of rotatable bonds is 1. The fourth-order valence-electron chi connectivity index (χ4n) is 1.64. The highest BCUT2D eigenvalue weighted by molar-refractivity contribution is 5.85. The van der Waals surface area contributed by atoms with Gasteiger partial charge in [0.25, 0.3) is 0 Å².